The first-order valence-corrected chi connectivity index (χ1v) is 8.51. The molecule has 3 heteroatoms. The Labute approximate surface area is 129 Å². The SMILES string of the molecule is CCNC(CC)c1ccccc1N(CCCO)C1CCC1. The zero-order chi connectivity index (χ0) is 15.1. The summed E-state index contributed by atoms with van der Waals surface area (Å²) < 4.78 is 0. The molecule has 21 heavy (non-hydrogen) atoms. The van der Waals surface area contributed by atoms with Crippen LogP contribution in [0.2, 0.25) is 0 Å². The molecule has 0 aromatic heterocycles. The highest BCUT2D eigenvalue weighted by Gasteiger charge is 2.27. The van der Waals surface area contributed by atoms with Crippen LogP contribution < -0.4 is 10.2 Å². The Kier molecular flexibility index (Phi) is 6.52. The van der Waals surface area contributed by atoms with Gasteiger partial charge in [0.1, 0.15) is 0 Å². The van der Waals surface area contributed by atoms with Gasteiger partial charge in [-0.05, 0) is 50.3 Å². The minimum atomic E-state index is 0.274. The second-order valence-electron chi connectivity index (χ2n) is 5.93. The molecule has 0 aliphatic heterocycles. The number of aliphatic hydroxyl groups is 1. The van der Waals surface area contributed by atoms with E-state index in [9.17, 15) is 5.11 Å². The maximum absolute atomic E-state index is 9.20. The van der Waals surface area contributed by atoms with Crippen molar-refractivity contribution in [2.45, 2.75) is 58.0 Å². The Bertz CT molecular complexity index is 417. The molecule has 3 nitrogen and oxygen atoms in total. The summed E-state index contributed by atoms with van der Waals surface area (Å²) in [5.41, 5.74) is 2.77. The van der Waals surface area contributed by atoms with E-state index in [1.807, 2.05) is 0 Å². The van der Waals surface area contributed by atoms with Gasteiger partial charge in [-0.2, -0.15) is 0 Å². The highest BCUT2D eigenvalue weighted by atomic mass is 16.3. The lowest BCUT2D eigenvalue weighted by molar-refractivity contribution is 0.282. The Morgan fingerprint density at radius 2 is 2.05 bits per heavy atom. The number of para-hydroxylation sites is 1. The summed E-state index contributed by atoms with van der Waals surface area (Å²) in [4.78, 5) is 2.54. The standard InChI is InChI=1S/C18H30N2O/c1-3-17(19-4-2)16-11-5-6-12-18(16)20(13-8-14-21)15-9-7-10-15/h5-6,11-12,15,17,19,21H,3-4,7-10,13-14H2,1-2H3. The fraction of sp³-hybridized carbons (Fsp3) is 0.667. The van der Waals surface area contributed by atoms with Gasteiger partial charge in [0.05, 0.1) is 0 Å². The first kappa shape index (κ1) is 16.3. The van der Waals surface area contributed by atoms with Gasteiger partial charge in [-0.15, -0.1) is 0 Å². The molecule has 0 radical (unpaired) electrons. The number of nitrogens with zero attached hydrogens (tertiary/aromatic N) is 1. The zero-order valence-corrected chi connectivity index (χ0v) is 13.5. The van der Waals surface area contributed by atoms with E-state index in [1.54, 1.807) is 0 Å². The van der Waals surface area contributed by atoms with Gasteiger partial charge < -0.3 is 15.3 Å². The van der Waals surface area contributed by atoms with E-state index in [4.69, 9.17) is 0 Å². The number of hydrogen-bond acceptors (Lipinski definition) is 3. The molecule has 1 fully saturated rings. The van der Waals surface area contributed by atoms with Gasteiger partial charge in [-0.1, -0.05) is 32.0 Å². The van der Waals surface area contributed by atoms with Crippen LogP contribution in [-0.4, -0.2) is 30.8 Å². The molecule has 1 aliphatic rings. The summed E-state index contributed by atoms with van der Waals surface area (Å²) in [6.45, 7) is 6.63. The van der Waals surface area contributed by atoms with Crippen molar-refractivity contribution in [1.29, 1.82) is 0 Å². The Hall–Kier alpha value is -1.06. The van der Waals surface area contributed by atoms with Gasteiger partial charge in [0.15, 0.2) is 0 Å². The third-order valence-corrected chi connectivity index (χ3v) is 4.55. The van der Waals surface area contributed by atoms with E-state index >= 15 is 0 Å². The van der Waals surface area contributed by atoms with Crippen molar-refractivity contribution in [3.63, 3.8) is 0 Å². The van der Waals surface area contributed by atoms with Gasteiger partial charge in [0.2, 0.25) is 0 Å². The van der Waals surface area contributed by atoms with Crippen LogP contribution in [0.4, 0.5) is 5.69 Å². The molecule has 0 heterocycles. The van der Waals surface area contributed by atoms with E-state index in [0.717, 1.165) is 25.9 Å². The van der Waals surface area contributed by atoms with Gasteiger partial charge in [0.25, 0.3) is 0 Å². The van der Waals surface area contributed by atoms with Crippen molar-refractivity contribution in [3.8, 4) is 0 Å². The number of aliphatic hydroxyl groups excluding tert-OH is 1. The summed E-state index contributed by atoms with van der Waals surface area (Å²) in [6, 6.07) is 9.88. The number of hydrogen-bond donors (Lipinski definition) is 2. The molecule has 2 N–H and O–H groups in total. The van der Waals surface area contributed by atoms with Gasteiger partial charge in [0, 0.05) is 30.9 Å². The average molecular weight is 290 g/mol. The minimum Gasteiger partial charge on any atom is -0.396 e. The first-order valence-electron chi connectivity index (χ1n) is 8.51. The molecule has 1 aromatic rings. The Morgan fingerprint density at radius 3 is 2.62 bits per heavy atom. The fourth-order valence-corrected chi connectivity index (χ4v) is 3.20. The number of benzene rings is 1. The molecule has 0 spiro atoms. The number of rotatable bonds is 9. The third kappa shape index (κ3) is 3.98. The lowest BCUT2D eigenvalue weighted by Gasteiger charge is -2.41. The van der Waals surface area contributed by atoms with Crippen LogP contribution in [0.15, 0.2) is 24.3 Å². The van der Waals surface area contributed by atoms with Crippen LogP contribution in [-0.2, 0) is 0 Å². The smallest absolute Gasteiger partial charge is 0.0447 e. The summed E-state index contributed by atoms with van der Waals surface area (Å²) >= 11 is 0. The summed E-state index contributed by atoms with van der Waals surface area (Å²) in [5.74, 6) is 0. The summed E-state index contributed by atoms with van der Waals surface area (Å²) in [5, 5.41) is 12.8. The molecule has 2 rings (SSSR count). The molecule has 1 atom stereocenters. The van der Waals surface area contributed by atoms with Crippen LogP contribution >= 0.6 is 0 Å². The van der Waals surface area contributed by atoms with E-state index in [1.165, 1.54) is 30.5 Å². The number of nitrogens with one attached hydrogen (secondary N) is 1. The van der Waals surface area contributed by atoms with Crippen LogP contribution in [0.3, 0.4) is 0 Å². The third-order valence-electron chi connectivity index (χ3n) is 4.55. The molecular formula is C18H30N2O. The molecule has 1 saturated carbocycles. The molecule has 1 aromatic carbocycles. The second-order valence-corrected chi connectivity index (χ2v) is 5.93. The van der Waals surface area contributed by atoms with Crippen LogP contribution in [0.5, 0.6) is 0 Å². The van der Waals surface area contributed by atoms with Crippen molar-refractivity contribution in [3.05, 3.63) is 29.8 Å². The summed E-state index contributed by atoms with van der Waals surface area (Å²) in [6.07, 6.45) is 5.87. The summed E-state index contributed by atoms with van der Waals surface area (Å²) in [7, 11) is 0. The van der Waals surface area contributed by atoms with E-state index in [0.29, 0.717) is 12.1 Å². The lowest BCUT2D eigenvalue weighted by Crippen LogP contribution is -2.42. The van der Waals surface area contributed by atoms with Crippen molar-refractivity contribution >= 4 is 5.69 Å². The first-order chi connectivity index (χ1) is 10.3. The molecule has 1 unspecified atom stereocenters. The van der Waals surface area contributed by atoms with Crippen molar-refractivity contribution in [2.24, 2.45) is 0 Å². The maximum atomic E-state index is 9.20. The van der Waals surface area contributed by atoms with E-state index < -0.39 is 0 Å². The second kappa shape index (κ2) is 8.40. The predicted molar refractivity (Wildman–Crippen MR) is 89.8 cm³/mol. The minimum absolute atomic E-state index is 0.274. The topological polar surface area (TPSA) is 35.5 Å². The molecule has 118 valence electrons. The van der Waals surface area contributed by atoms with Gasteiger partial charge >= 0.3 is 0 Å². The molecule has 0 saturated heterocycles. The highest BCUT2D eigenvalue weighted by molar-refractivity contribution is 5.56. The van der Waals surface area contributed by atoms with Crippen LogP contribution in [0.1, 0.15) is 57.6 Å². The largest absolute Gasteiger partial charge is 0.396 e. The predicted octanol–water partition coefficient (Wildman–Crippen LogP) is 3.49. The molecular weight excluding hydrogens is 260 g/mol. The van der Waals surface area contributed by atoms with Gasteiger partial charge in [-0.3, -0.25) is 0 Å². The molecule has 0 amide bonds. The zero-order valence-electron chi connectivity index (χ0n) is 13.5. The fourth-order valence-electron chi connectivity index (χ4n) is 3.20. The van der Waals surface area contributed by atoms with Crippen molar-refractivity contribution < 1.29 is 5.11 Å². The van der Waals surface area contributed by atoms with Crippen LogP contribution in [0.25, 0.3) is 0 Å². The van der Waals surface area contributed by atoms with Crippen molar-refractivity contribution in [1.82, 2.24) is 5.32 Å². The van der Waals surface area contributed by atoms with E-state index in [2.05, 4.69) is 48.3 Å². The maximum Gasteiger partial charge on any atom is 0.0447 e. The normalized spacial score (nSPS) is 16.5. The van der Waals surface area contributed by atoms with Crippen molar-refractivity contribution in [2.75, 3.05) is 24.6 Å². The lowest BCUT2D eigenvalue weighted by atomic mass is 9.89. The quantitative estimate of drug-likeness (QED) is 0.731. The Balaban J connectivity index is 2.25. The molecule has 1 aliphatic carbocycles. The van der Waals surface area contributed by atoms with E-state index in [-0.39, 0.29) is 6.61 Å². The number of anilines is 1. The highest BCUT2D eigenvalue weighted by Crippen LogP contribution is 2.34. The average Bonchev–Trinajstić information content (AvgIpc) is 2.47. The van der Waals surface area contributed by atoms with Gasteiger partial charge in [-0.25, -0.2) is 0 Å². The monoisotopic (exact) mass is 290 g/mol. The Morgan fingerprint density at radius 1 is 1.29 bits per heavy atom. The van der Waals surface area contributed by atoms with Crippen LogP contribution in [0, 0.1) is 0 Å². The molecule has 0 bridgehead atoms.